The lowest BCUT2D eigenvalue weighted by molar-refractivity contribution is 0.308. The third-order valence-electron chi connectivity index (χ3n) is 5.14. The van der Waals surface area contributed by atoms with Gasteiger partial charge in [-0.3, -0.25) is 0 Å². The molecule has 0 saturated heterocycles. The first-order chi connectivity index (χ1) is 12.1. The van der Waals surface area contributed by atoms with Gasteiger partial charge in [0.05, 0.1) is 0 Å². The van der Waals surface area contributed by atoms with Crippen molar-refractivity contribution in [2.24, 2.45) is 5.92 Å². The smallest absolute Gasteiger partial charge is 0.127 e. The molecule has 0 atom stereocenters. The van der Waals surface area contributed by atoms with E-state index in [2.05, 4.69) is 30.9 Å². The Hall–Kier alpha value is -2.14. The van der Waals surface area contributed by atoms with E-state index in [9.17, 15) is 8.78 Å². The van der Waals surface area contributed by atoms with Crippen LogP contribution < -0.4 is 0 Å². The Labute approximate surface area is 149 Å². The number of rotatable bonds is 3. The Bertz CT molecular complexity index is 737. The molecule has 0 amide bonds. The van der Waals surface area contributed by atoms with Crippen LogP contribution in [0.4, 0.5) is 8.78 Å². The maximum atomic E-state index is 13.2. The summed E-state index contributed by atoms with van der Waals surface area (Å²) < 4.78 is 26.4. The highest BCUT2D eigenvalue weighted by molar-refractivity contribution is 5.44. The molecule has 1 saturated carbocycles. The molecule has 3 rings (SSSR count). The molecule has 0 spiro atoms. The Morgan fingerprint density at radius 3 is 2.04 bits per heavy atom. The van der Waals surface area contributed by atoms with Gasteiger partial charge in [-0.05, 0) is 67.3 Å². The van der Waals surface area contributed by atoms with Gasteiger partial charge in [0.15, 0.2) is 0 Å². The van der Waals surface area contributed by atoms with Crippen molar-refractivity contribution >= 4 is 0 Å². The lowest BCUT2D eigenvalue weighted by Crippen LogP contribution is -2.13. The average molecular weight is 338 g/mol. The molecule has 2 heteroatoms. The van der Waals surface area contributed by atoms with Gasteiger partial charge in [-0.2, -0.15) is 0 Å². The van der Waals surface area contributed by atoms with Gasteiger partial charge in [0.25, 0.3) is 0 Å². The van der Waals surface area contributed by atoms with Crippen LogP contribution in [-0.4, -0.2) is 0 Å². The molecule has 2 aromatic carbocycles. The standard InChI is InChI=1S/C23H24F2/c1-2-3-17-6-10-20(11-7-17)21-12-8-18(9-13-21)4-5-19-14-22(24)16-23(25)15-19/h8-9,12-17,20H,2-3,6-7,10-11H2,1H3/t17-,20-. The summed E-state index contributed by atoms with van der Waals surface area (Å²) >= 11 is 0. The molecule has 0 aromatic heterocycles. The molecule has 0 radical (unpaired) electrons. The second-order valence-electron chi connectivity index (χ2n) is 7.04. The van der Waals surface area contributed by atoms with Gasteiger partial charge in [0.1, 0.15) is 11.6 Å². The molecule has 130 valence electrons. The van der Waals surface area contributed by atoms with E-state index >= 15 is 0 Å². The van der Waals surface area contributed by atoms with E-state index in [1.165, 1.54) is 56.2 Å². The van der Waals surface area contributed by atoms with Crippen molar-refractivity contribution in [2.45, 2.75) is 51.4 Å². The molecule has 1 aliphatic rings. The summed E-state index contributed by atoms with van der Waals surface area (Å²) in [4.78, 5) is 0. The van der Waals surface area contributed by atoms with Crippen LogP contribution in [0.2, 0.25) is 0 Å². The van der Waals surface area contributed by atoms with E-state index < -0.39 is 11.6 Å². The first kappa shape index (κ1) is 17.7. The summed E-state index contributed by atoms with van der Waals surface area (Å²) in [5, 5.41) is 0. The van der Waals surface area contributed by atoms with Crippen molar-refractivity contribution in [2.75, 3.05) is 0 Å². The van der Waals surface area contributed by atoms with E-state index in [0.717, 1.165) is 17.5 Å². The van der Waals surface area contributed by atoms with Gasteiger partial charge >= 0.3 is 0 Å². The molecule has 0 N–H and O–H groups in total. The summed E-state index contributed by atoms with van der Waals surface area (Å²) in [6.45, 7) is 2.27. The number of hydrogen-bond acceptors (Lipinski definition) is 0. The molecular weight excluding hydrogens is 314 g/mol. The minimum Gasteiger partial charge on any atom is -0.207 e. The Morgan fingerprint density at radius 1 is 0.840 bits per heavy atom. The van der Waals surface area contributed by atoms with Crippen molar-refractivity contribution in [3.63, 3.8) is 0 Å². The predicted octanol–water partition coefficient (Wildman–Crippen LogP) is 6.44. The monoisotopic (exact) mass is 338 g/mol. The quantitative estimate of drug-likeness (QED) is 0.565. The summed E-state index contributed by atoms with van der Waals surface area (Å²) in [6, 6.07) is 11.7. The second kappa shape index (κ2) is 8.30. The van der Waals surface area contributed by atoms with Crippen LogP contribution in [0.5, 0.6) is 0 Å². The number of benzene rings is 2. The van der Waals surface area contributed by atoms with Crippen LogP contribution in [0.25, 0.3) is 0 Å². The third kappa shape index (κ3) is 4.92. The maximum Gasteiger partial charge on any atom is 0.127 e. The zero-order valence-electron chi connectivity index (χ0n) is 14.7. The molecule has 2 aromatic rings. The zero-order valence-corrected chi connectivity index (χ0v) is 14.7. The predicted molar refractivity (Wildman–Crippen MR) is 98.4 cm³/mol. The summed E-state index contributed by atoms with van der Waals surface area (Å²) in [5.41, 5.74) is 2.61. The van der Waals surface area contributed by atoms with Crippen molar-refractivity contribution in [3.05, 3.63) is 70.8 Å². The van der Waals surface area contributed by atoms with Crippen LogP contribution in [0.3, 0.4) is 0 Å². The van der Waals surface area contributed by atoms with E-state index in [4.69, 9.17) is 0 Å². The van der Waals surface area contributed by atoms with Crippen LogP contribution in [0, 0.1) is 29.4 Å². The van der Waals surface area contributed by atoms with Crippen molar-refractivity contribution in [1.29, 1.82) is 0 Å². The topological polar surface area (TPSA) is 0 Å². The van der Waals surface area contributed by atoms with Crippen LogP contribution in [0.1, 0.15) is 68.1 Å². The summed E-state index contributed by atoms with van der Waals surface area (Å²) in [7, 11) is 0. The molecule has 1 fully saturated rings. The fraction of sp³-hybridized carbons (Fsp3) is 0.391. The van der Waals surface area contributed by atoms with Gasteiger partial charge in [0.2, 0.25) is 0 Å². The van der Waals surface area contributed by atoms with E-state index in [-0.39, 0.29) is 0 Å². The van der Waals surface area contributed by atoms with Gasteiger partial charge in [0, 0.05) is 17.2 Å². The molecule has 1 aliphatic carbocycles. The molecule has 0 unspecified atom stereocenters. The fourth-order valence-electron chi connectivity index (χ4n) is 3.80. The van der Waals surface area contributed by atoms with Crippen LogP contribution >= 0.6 is 0 Å². The third-order valence-corrected chi connectivity index (χ3v) is 5.14. The summed E-state index contributed by atoms with van der Waals surface area (Å²) in [5.74, 6) is 6.19. The van der Waals surface area contributed by atoms with Crippen molar-refractivity contribution in [1.82, 2.24) is 0 Å². The van der Waals surface area contributed by atoms with Crippen LogP contribution in [0.15, 0.2) is 42.5 Å². The lowest BCUT2D eigenvalue weighted by atomic mass is 9.77. The molecule has 0 nitrogen and oxygen atoms in total. The van der Waals surface area contributed by atoms with Crippen molar-refractivity contribution < 1.29 is 8.78 Å². The SMILES string of the molecule is CCC[C@H]1CC[C@H](c2ccc(C#Cc3cc(F)cc(F)c3)cc2)CC1. The summed E-state index contributed by atoms with van der Waals surface area (Å²) in [6.07, 6.45) is 7.88. The molecule has 25 heavy (non-hydrogen) atoms. The number of hydrogen-bond donors (Lipinski definition) is 0. The average Bonchev–Trinajstić information content (AvgIpc) is 2.61. The molecular formula is C23H24F2. The Morgan fingerprint density at radius 2 is 1.44 bits per heavy atom. The highest BCUT2D eigenvalue weighted by atomic mass is 19.1. The van der Waals surface area contributed by atoms with Crippen molar-refractivity contribution in [3.8, 4) is 11.8 Å². The normalized spacial score (nSPS) is 20.0. The van der Waals surface area contributed by atoms with Gasteiger partial charge in [-0.25, -0.2) is 8.78 Å². The first-order valence-electron chi connectivity index (χ1n) is 9.22. The first-order valence-corrected chi connectivity index (χ1v) is 9.22. The minimum absolute atomic E-state index is 0.357. The zero-order chi connectivity index (χ0) is 17.6. The van der Waals surface area contributed by atoms with Gasteiger partial charge < -0.3 is 0 Å². The highest BCUT2D eigenvalue weighted by Crippen LogP contribution is 2.37. The van der Waals surface area contributed by atoms with E-state index in [1.807, 2.05) is 12.1 Å². The molecule has 0 bridgehead atoms. The van der Waals surface area contributed by atoms with E-state index in [1.54, 1.807) is 0 Å². The second-order valence-corrected chi connectivity index (χ2v) is 7.04. The minimum atomic E-state index is -0.599. The van der Waals surface area contributed by atoms with Gasteiger partial charge in [-0.15, -0.1) is 0 Å². The van der Waals surface area contributed by atoms with Gasteiger partial charge in [-0.1, -0.05) is 43.7 Å². The Balaban J connectivity index is 1.64. The highest BCUT2D eigenvalue weighted by Gasteiger charge is 2.21. The Kier molecular flexibility index (Phi) is 5.87. The molecule has 0 heterocycles. The van der Waals surface area contributed by atoms with Crippen LogP contribution in [-0.2, 0) is 0 Å². The fourth-order valence-corrected chi connectivity index (χ4v) is 3.80. The lowest BCUT2D eigenvalue weighted by Gasteiger charge is -2.28. The number of halogens is 2. The van der Waals surface area contributed by atoms with E-state index in [0.29, 0.717) is 11.5 Å². The largest absolute Gasteiger partial charge is 0.207 e. The maximum absolute atomic E-state index is 13.2. The molecule has 0 aliphatic heterocycles.